The van der Waals surface area contributed by atoms with Crippen LogP contribution in [0.3, 0.4) is 0 Å². The number of thioether (sulfide) groups is 1. The van der Waals surface area contributed by atoms with Crippen molar-refractivity contribution >= 4 is 34.4 Å². The van der Waals surface area contributed by atoms with Crippen LogP contribution in [0.25, 0.3) is 11.0 Å². The summed E-state index contributed by atoms with van der Waals surface area (Å²) in [5, 5.41) is 3.67. The van der Waals surface area contributed by atoms with E-state index in [4.69, 9.17) is 4.74 Å². The molecule has 1 amide bonds. The first kappa shape index (κ1) is 19.1. The molecule has 142 valence electrons. The van der Waals surface area contributed by atoms with Gasteiger partial charge in [-0.15, -0.1) is 0 Å². The lowest BCUT2D eigenvalue weighted by atomic mass is 10.2. The number of ether oxygens (including phenoxy) is 1. The number of aromatic nitrogens is 2. The number of amides is 1. The van der Waals surface area contributed by atoms with E-state index < -0.39 is 0 Å². The van der Waals surface area contributed by atoms with Crippen molar-refractivity contribution in [3.05, 3.63) is 48.0 Å². The number of hydrogen-bond acceptors (Lipinski definition) is 5. The molecule has 1 heterocycles. The van der Waals surface area contributed by atoms with Crippen molar-refractivity contribution in [3.63, 3.8) is 0 Å². The van der Waals surface area contributed by atoms with Gasteiger partial charge in [-0.2, -0.15) is 0 Å². The summed E-state index contributed by atoms with van der Waals surface area (Å²) >= 11 is 1.39. The molecule has 0 aliphatic rings. The second-order valence-electron chi connectivity index (χ2n) is 6.28. The van der Waals surface area contributed by atoms with Gasteiger partial charge in [-0.05, 0) is 36.8 Å². The second kappa shape index (κ2) is 8.81. The molecule has 0 aliphatic carbocycles. The number of H-pyrrole nitrogens is 1. The largest absolute Gasteiger partial charge is 0.494 e. The molecule has 2 aromatic carbocycles. The van der Waals surface area contributed by atoms with Gasteiger partial charge in [0.2, 0.25) is 5.91 Å². The van der Waals surface area contributed by atoms with Crippen LogP contribution in [0, 0.1) is 0 Å². The third-order valence-corrected chi connectivity index (χ3v) is 4.90. The van der Waals surface area contributed by atoms with Crippen LogP contribution >= 0.6 is 11.8 Å². The molecular formula is C20H24N4O2S. The minimum atomic E-state index is -0.0212. The Labute approximate surface area is 163 Å². The van der Waals surface area contributed by atoms with Gasteiger partial charge in [0, 0.05) is 32.4 Å². The third-order valence-electron chi connectivity index (χ3n) is 4.03. The van der Waals surface area contributed by atoms with Gasteiger partial charge in [-0.1, -0.05) is 23.9 Å². The summed E-state index contributed by atoms with van der Waals surface area (Å²) in [4.78, 5) is 21.9. The molecule has 3 rings (SSSR count). The van der Waals surface area contributed by atoms with Gasteiger partial charge in [-0.3, -0.25) is 4.79 Å². The van der Waals surface area contributed by atoms with Crippen molar-refractivity contribution in [3.8, 4) is 5.75 Å². The topological polar surface area (TPSA) is 70.2 Å². The number of hydrogen-bond donors (Lipinski definition) is 2. The van der Waals surface area contributed by atoms with Crippen molar-refractivity contribution in [2.75, 3.05) is 31.4 Å². The number of carbonyl (C=O) groups excluding carboxylic acids is 1. The lowest BCUT2D eigenvalue weighted by molar-refractivity contribution is -0.118. The van der Waals surface area contributed by atoms with E-state index in [1.54, 1.807) is 0 Å². The normalized spacial score (nSPS) is 10.8. The van der Waals surface area contributed by atoms with E-state index in [0.717, 1.165) is 33.2 Å². The molecule has 7 heteroatoms. The summed E-state index contributed by atoms with van der Waals surface area (Å²) in [6.45, 7) is 3.10. The number of imidazole rings is 1. The van der Waals surface area contributed by atoms with Crippen LogP contribution in [-0.4, -0.2) is 42.3 Å². The average Bonchev–Trinajstić information content (AvgIpc) is 3.07. The summed E-state index contributed by atoms with van der Waals surface area (Å²) in [5.74, 6) is 1.10. The summed E-state index contributed by atoms with van der Waals surface area (Å²) in [7, 11) is 4.01. The van der Waals surface area contributed by atoms with E-state index >= 15 is 0 Å². The van der Waals surface area contributed by atoms with Crippen LogP contribution in [-0.2, 0) is 11.3 Å². The monoisotopic (exact) mass is 384 g/mol. The first-order valence-corrected chi connectivity index (χ1v) is 9.82. The van der Waals surface area contributed by atoms with Crippen molar-refractivity contribution in [2.24, 2.45) is 0 Å². The van der Waals surface area contributed by atoms with Crippen LogP contribution in [0.5, 0.6) is 5.75 Å². The molecule has 0 fully saturated rings. The Morgan fingerprint density at radius 3 is 2.70 bits per heavy atom. The van der Waals surface area contributed by atoms with Crippen molar-refractivity contribution < 1.29 is 9.53 Å². The molecule has 0 radical (unpaired) electrons. The number of nitrogens with one attached hydrogen (secondary N) is 2. The average molecular weight is 385 g/mol. The highest BCUT2D eigenvalue weighted by Gasteiger charge is 2.08. The van der Waals surface area contributed by atoms with Crippen LogP contribution in [0.2, 0.25) is 0 Å². The highest BCUT2D eigenvalue weighted by molar-refractivity contribution is 7.99. The highest BCUT2D eigenvalue weighted by Crippen LogP contribution is 2.23. The Hall–Kier alpha value is -2.67. The maximum Gasteiger partial charge on any atom is 0.230 e. The van der Waals surface area contributed by atoms with E-state index in [-0.39, 0.29) is 5.91 Å². The molecule has 0 aliphatic heterocycles. The molecular weight excluding hydrogens is 360 g/mol. The third kappa shape index (κ3) is 5.17. The Morgan fingerprint density at radius 1 is 1.22 bits per heavy atom. The van der Waals surface area contributed by atoms with Crippen LogP contribution in [0.1, 0.15) is 12.5 Å². The van der Waals surface area contributed by atoms with Gasteiger partial charge in [0.25, 0.3) is 0 Å². The predicted molar refractivity (Wildman–Crippen MR) is 111 cm³/mol. The fraction of sp³-hybridized carbons (Fsp3) is 0.300. The maximum atomic E-state index is 12.1. The number of aromatic amines is 1. The van der Waals surface area contributed by atoms with Gasteiger partial charge < -0.3 is 19.9 Å². The van der Waals surface area contributed by atoms with E-state index in [1.807, 2.05) is 68.4 Å². The number of fused-ring (bicyclic) bond motifs is 1. The lowest BCUT2D eigenvalue weighted by Gasteiger charge is -2.12. The van der Waals surface area contributed by atoms with Crippen molar-refractivity contribution in [1.29, 1.82) is 0 Å². The molecule has 6 nitrogen and oxygen atoms in total. The summed E-state index contributed by atoms with van der Waals surface area (Å²) in [6, 6.07) is 13.9. The Morgan fingerprint density at radius 2 is 2.00 bits per heavy atom. The lowest BCUT2D eigenvalue weighted by Crippen LogP contribution is -2.24. The Bertz CT molecular complexity index is 906. The maximum absolute atomic E-state index is 12.1. The van der Waals surface area contributed by atoms with Crippen molar-refractivity contribution in [1.82, 2.24) is 15.3 Å². The standard InChI is InChI=1S/C20H24N4O2S/c1-4-26-16-9-10-17-18(11-16)23-20(22-17)27-13-19(25)21-12-14-5-7-15(8-6-14)24(2)3/h5-11H,4,12-13H2,1-3H3,(H,21,25)(H,22,23). The van der Waals surface area contributed by atoms with E-state index in [1.165, 1.54) is 11.8 Å². The van der Waals surface area contributed by atoms with Crippen LogP contribution in [0.15, 0.2) is 47.6 Å². The molecule has 0 saturated heterocycles. The molecule has 0 saturated carbocycles. The zero-order valence-corrected chi connectivity index (χ0v) is 16.6. The highest BCUT2D eigenvalue weighted by atomic mass is 32.2. The molecule has 3 aromatic rings. The smallest absolute Gasteiger partial charge is 0.230 e. The van der Waals surface area contributed by atoms with Gasteiger partial charge in [0.05, 0.1) is 23.4 Å². The van der Waals surface area contributed by atoms with Crippen LogP contribution < -0.4 is 15.0 Å². The minimum absolute atomic E-state index is 0.0212. The van der Waals surface area contributed by atoms with E-state index in [2.05, 4.69) is 15.3 Å². The van der Waals surface area contributed by atoms with Crippen LogP contribution in [0.4, 0.5) is 5.69 Å². The molecule has 0 bridgehead atoms. The summed E-state index contributed by atoms with van der Waals surface area (Å²) < 4.78 is 5.49. The predicted octanol–water partition coefficient (Wildman–Crippen LogP) is 3.44. The number of rotatable bonds is 8. The second-order valence-corrected chi connectivity index (χ2v) is 7.24. The van der Waals surface area contributed by atoms with E-state index in [0.29, 0.717) is 18.9 Å². The molecule has 1 aromatic heterocycles. The molecule has 0 unspecified atom stereocenters. The SMILES string of the molecule is CCOc1ccc2nc(SCC(=O)NCc3ccc(N(C)C)cc3)[nH]c2c1. The zero-order valence-electron chi connectivity index (χ0n) is 15.8. The summed E-state index contributed by atoms with van der Waals surface area (Å²) in [6.07, 6.45) is 0. The summed E-state index contributed by atoms with van der Waals surface area (Å²) in [5.41, 5.74) is 3.98. The van der Waals surface area contributed by atoms with Gasteiger partial charge in [-0.25, -0.2) is 4.98 Å². The Kier molecular flexibility index (Phi) is 6.24. The van der Waals surface area contributed by atoms with Gasteiger partial charge >= 0.3 is 0 Å². The van der Waals surface area contributed by atoms with Gasteiger partial charge in [0.1, 0.15) is 5.75 Å². The minimum Gasteiger partial charge on any atom is -0.494 e. The first-order valence-electron chi connectivity index (χ1n) is 8.83. The Balaban J connectivity index is 1.50. The van der Waals surface area contributed by atoms with E-state index in [9.17, 15) is 4.79 Å². The number of nitrogens with zero attached hydrogens (tertiary/aromatic N) is 2. The fourth-order valence-electron chi connectivity index (χ4n) is 2.59. The fourth-order valence-corrected chi connectivity index (χ4v) is 3.30. The number of anilines is 1. The number of benzene rings is 2. The quantitative estimate of drug-likeness (QED) is 0.582. The van der Waals surface area contributed by atoms with Gasteiger partial charge in [0.15, 0.2) is 5.16 Å². The molecule has 2 N–H and O–H groups in total. The van der Waals surface area contributed by atoms with Crippen molar-refractivity contribution in [2.45, 2.75) is 18.6 Å². The zero-order chi connectivity index (χ0) is 19.2. The molecule has 0 atom stereocenters. The molecule has 0 spiro atoms. The molecule has 27 heavy (non-hydrogen) atoms. The number of carbonyl (C=O) groups is 1. The first-order chi connectivity index (χ1) is 13.0.